The van der Waals surface area contributed by atoms with Gasteiger partial charge in [0, 0.05) is 17.6 Å². The number of benzene rings is 2. The van der Waals surface area contributed by atoms with Crippen molar-refractivity contribution in [3.8, 4) is 17.1 Å². The van der Waals surface area contributed by atoms with Gasteiger partial charge in [0.05, 0.1) is 10.8 Å². The third kappa shape index (κ3) is 4.72. The van der Waals surface area contributed by atoms with Crippen LogP contribution in [0.4, 0.5) is 0 Å². The minimum absolute atomic E-state index is 0.259. The summed E-state index contributed by atoms with van der Waals surface area (Å²) in [5.74, 6) is 2.77. The van der Waals surface area contributed by atoms with Crippen LogP contribution in [0, 0.1) is 0 Å². The van der Waals surface area contributed by atoms with Crippen LogP contribution in [0.2, 0.25) is 10.0 Å². The molecule has 0 aliphatic rings. The second-order valence-electron chi connectivity index (χ2n) is 5.98. The summed E-state index contributed by atoms with van der Waals surface area (Å²) in [6.45, 7) is 0.259. The lowest BCUT2D eigenvalue weighted by atomic mass is 10.2. The molecule has 0 atom stereocenters. The number of ether oxygens (including phenoxy) is 1. The van der Waals surface area contributed by atoms with Crippen molar-refractivity contribution in [1.29, 1.82) is 0 Å². The smallest absolute Gasteiger partial charge is 0.237 e. The van der Waals surface area contributed by atoms with Gasteiger partial charge in [-0.1, -0.05) is 52.3 Å². The molecule has 0 fully saturated rings. The van der Waals surface area contributed by atoms with Crippen LogP contribution in [0.1, 0.15) is 11.7 Å². The van der Waals surface area contributed by atoms with E-state index in [0.717, 1.165) is 5.56 Å². The van der Waals surface area contributed by atoms with Gasteiger partial charge >= 0.3 is 0 Å². The molecule has 148 valence electrons. The van der Waals surface area contributed by atoms with Gasteiger partial charge in [-0.2, -0.15) is 4.98 Å². The average molecular weight is 448 g/mol. The zero-order chi connectivity index (χ0) is 20.2. The molecule has 4 aromatic rings. The molecule has 0 aliphatic carbocycles. The summed E-state index contributed by atoms with van der Waals surface area (Å²) in [6, 6.07) is 14.6. The largest absolute Gasteiger partial charge is 0.484 e. The molecule has 0 bridgehead atoms. The van der Waals surface area contributed by atoms with Crippen molar-refractivity contribution >= 4 is 35.0 Å². The third-order valence-electron chi connectivity index (χ3n) is 4.01. The molecule has 0 N–H and O–H groups in total. The van der Waals surface area contributed by atoms with Crippen molar-refractivity contribution in [3.05, 3.63) is 70.3 Å². The van der Waals surface area contributed by atoms with E-state index in [1.54, 1.807) is 18.2 Å². The predicted molar refractivity (Wildman–Crippen MR) is 111 cm³/mol. The Morgan fingerprint density at radius 2 is 1.86 bits per heavy atom. The number of para-hydroxylation sites is 1. The van der Waals surface area contributed by atoms with Crippen LogP contribution >= 0.6 is 35.0 Å². The minimum atomic E-state index is 0.259. The van der Waals surface area contributed by atoms with Crippen LogP contribution in [-0.4, -0.2) is 24.9 Å². The lowest BCUT2D eigenvalue weighted by molar-refractivity contribution is 0.290. The summed E-state index contributed by atoms with van der Waals surface area (Å²) in [4.78, 5) is 4.41. The third-order valence-corrected chi connectivity index (χ3v) is 5.58. The standard InChI is InChI=1S/C19H15Cl2N5O2S/c1-26-16(10-27-15-5-3-2-4-14(15)21)23-24-19(26)29-11-17-22-18(25-28-17)12-6-8-13(20)9-7-12/h2-9H,10-11H2,1H3. The zero-order valence-corrected chi connectivity index (χ0v) is 17.6. The Morgan fingerprint density at radius 3 is 2.66 bits per heavy atom. The van der Waals surface area contributed by atoms with Crippen molar-refractivity contribution in [3.63, 3.8) is 0 Å². The molecule has 0 amide bonds. The maximum atomic E-state index is 6.11. The minimum Gasteiger partial charge on any atom is -0.484 e. The quantitative estimate of drug-likeness (QED) is 0.367. The highest BCUT2D eigenvalue weighted by atomic mass is 35.5. The molecular weight excluding hydrogens is 433 g/mol. The number of nitrogens with zero attached hydrogens (tertiary/aromatic N) is 5. The Kier molecular flexibility index (Phi) is 6.03. The van der Waals surface area contributed by atoms with E-state index in [-0.39, 0.29) is 6.61 Å². The lowest BCUT2D eigenvalue weighted by Gasteiger charge is -2.07. The summed E-state index contributed by atoms with van der Waals surface area (Å²) in [5, 5.41) is 14.3. The normalized spacial score (nSPS) is 11.0. The van der Waals surface area contributed by atoms with Gasteiger partial charge < -0.3 is 13.8 Å². The van der Waals surface area contributed by atoms with Crippen LogP contribution in [0.15, 0.2) is 58.2 Å². The average Bonchev–Trinajstić information content (AvgIpc) is 3.33. The predicted octanol–water partition coefficient (Wildman–Crippen LogP) is 5.04. The second-order valence-corrected chi connectivity index (χ2v) is 7.77. The van der Waals surface area contributed by atoms with Crippen LogP contribution in [-0.2, 0) is 19.4 Å². The number of rotatable bonds is 7. The molecule has 2 heterocycles. The SMILES string of the molecule is Cn1c(COc2ccccc2Cl)nnc1SCc1nc(-c2ccc(Cl)cc2)no1. The highest BCUT2D eigenvalue weighted by molar-refractivity contribution is 7.98. The number of aromatic nitrogens is 5. The van der Waals surface area contributed by atoms with Crippen LogP contribution in [0.5, 0.6) is 5.75 Å². The van der Waals surface area contributed by atoms with Gasteiger partial charge in [0.1, 0.15) is 12.4 Å². The molecule has 4 rings (SSSR count). The van der Waals surface area contributed by atoms with E-state index < -0.39 is 0 Å². The van der Waals surface area contributed by atoms with Gasteiger partial charge in [-0.05, 0) is 36.4 Å². The topological polar surface area (TPSA) is 78.9 Å². The van der Waals surface area contributed by atoms with Gasteiger partial charge in [0.25, 0.3) is 0 Å². The van der Waals surface area contributed by atoms with Gasteiger partial charge in [-0.3, -0.25) is 0 Å². The molecule has 29 heavy (non-hydrogen) atoms. The number of thioether (sulfide) groups is 1. The summed E-state index contributed by atoms with van der Waals surface area (Å²) in [5.41, 5.74) is 0.840. The highest BCUT2D eigenvalue weighted by Gasteiger charge is 2.14. The number of hydrogen-bond acceptors (Lipinski definition) is 7. The molecular formula is C19H15Cl2N5O2S. The molecule has 0 radical (unpaired) electrons. The monoisotopic (exact) mass is 447 g/mol. The maximum Gasteiger partial charge on any atom is 0.237 e. The molecule has 10 heteroatoms. The fraction of sp³-hybridized carbons (Fsp3) is 0.158. The number of hydrogen-bond donors (Lipinski definition) is 0. The van der Waals surface area contributed by atoms with Crippen molar-refractivity contribution in [2.45, 2.75) is 17.5 Å². The molecule has 0 unspecified atom stereocenters. The first-order valence-corrected chi connectivity index (χ1v) is 10.3. The van der Waals surface area contributed by atoms with Crippen molar-refractivity contribution < 1.29 is 9.26 Å². The summed E-state index contributed by atoms with van der Waals surface area (Å²) < 4.78 is 12.9. The summed E-state index contributed by atoms with van der Waals surface area (Å²) in [6.07, 6.45) is 0. The fourth-order valence-corrected chi connectivity index (χ4v) is 3.54. The zero-order valence-electron chi connectivity index (χ0n) is 15.2. The van der Waals surface area contributed by atoms with E-state index in [0.29, 0.717) is 44.2 Å². The first-order chi connectivity index (χ1) is 14.1. The molecule has 0 saturated heterocycles. The van der Waals surface area contributed by atoms with E-state index in [2.05, 4.69) is 20.3 Å². The summed E-state index contributed by atoms with van der Waals surface area (Å²) in [7, 11) is 1.88. The first-order valence-electron chi connectivity index (χ1n) is 8.57. The van der Waals surface area contributed by atoms with E-state index in [4.69, 9.17) is 32.5 Å². The molecule has 2 aromatic heterocycles. The molecule has 2 aromatic carbocycles. The second kappa shape index (κ2) is 8.86. The van der Waals surface area contributed by atoms with Gasteiger partial charge in [-0.25, -0.2) is 0 Å². The van der Waals surface area contributed by atoms with E-state index in [9.17, 15) is 0 Å². The highest BCUT2D eigenvalue weighted by Crippen LogP contribution is 2.26. The Labute approximate surface area is 181 Å². The van der Waals surface area contributed by atoms with Crippen molar-refractivity contribution in [1.82, 2.24) is 24.9 Å². The molecule has 0 aliphatic heterocycles. The number of halogens is 2. The van der Waals surface area contributed by atoms with Crippen LogP contribution in [0.3, 0.4) is 0 Å². The van der Waals surface area contributed by atoms with Crippen LogP contribution < -0.4 is 4.74 Å². The van der Waals surface area contributed by atoms with Gasteiger partial charge in [0.15, 0.2) is 11.0 Å². The van der Waals surface area contributed by atoms with E-state index in [1.165, 1.54) is 11.8 Å². The lowest BCUT2D eigenvalue weighted by Crippen LogP contribution is -2.04. The Hall–Kier alpha value is -2.55. The van der Waals surface area contributed by atoms with Crippen LogP contribution in [0.25, 0.3) is 11.4 Å². The molecule has 7 nitrogen and oxygen atoms in total. The molecule has 0 spiro atoms. The Balaban J connectivity index is 1.37. The molecule has 0 saturated carbocycles. The van der Waals surface area contributed by atoms with Crippen molar-refractivity contribution in [2.24, 2.45) is 7.05 Å². The Bertz CT molecular complexity index is 1110. The van der Waals surface area contributed by atoms with Gasteiger partial charge in [-0.15, -0.1) is 10.2 Å². The van der Waals surface area contributed by atoms with Gasteiger partial charge in [0.2, 0.25) is 11.7 Å². The first kappa shape index (κ1) is 19.8. The van der Waals surface area contributed by atoms with Crippen molar-refractivity contribution in [2.75, 3.05) is 0 Å². The fourth-order valence-electron chi connectivity index (χ4n) is 2.46. The Morgan fingerprint density at radius 1 is 1.07 bits per heavy atom. The van der Waals surface area contributed by atoms with E-state index in [1.807, 2.05) is 41.9 Å². The summed E-state index contributed by atoms with van der Waals surface area (Å²) >= 11 is 13.5. The van der Waals surface area contributed by atoms with E-state index >= 15 is 0 Å². The maximum absolute atomic E-state index is 6.11.